The molecule has 0 unspecified atom stereocenters. The molecule has 4 N–H and O–H groups in total. The fraction of sp³-hybridized carbons (Fsp3) is 0.857. The average molecular weight is 274 g/mol. The van der Waals surface area contributed by atoms with E-state index in [1.54, 1.807) is 0 Å². The largest absolute Gasteiger partial charge is 0.397 e. The maximum absolute atomic E-state index is 10.4. The predicted molar refractivity (Wildman–Crippen MR) is 52.4 cm³/mol. The van der Waals surface area contributed by atoms with Crippen molar-refractivity contribution in [2.24, 2.45) is 0 Å². The van der Waals surface area contributed by atoms with Crippen LogP contribution >= 0.6 is 0 Å². The zero-order valence-corrected chi connectivity index (χ0v) is 9.65. The molecule has 0 rings (SSSR count). The Kier molecular flexibility index (Phi) is 6.70. The normalized spacial score (nSPS) is 19.4. The summed E-state index contributed by atoms with van der Waals surface area (Å²) in [6.07, 6.45) is -6.66. The van der Waals surface area contributed by atoms with Gasteiger partial charge in [-0.15, -0.1) is 0 Å². The summed E-state index contributed by atoms with van der Waals surface area (Å²) >= 11 is 0. The highest BCUT2D eigenvalue weighted by Gasteiger charge is 2.32. The lowest BCUT2D eigenvalue weighted by Gasteiger charge is -2.25. The summed E-state index contributed by atoms with van der Waals surface area (Å²) in [5.41, 5.74) is 0. The van der Waals surface area contributed by atoms with Gasteiger partial charge in [-0.3, -0.25) is 4.55 Å². The minimum atomic E-state index is -4.76. The summed E-state index contributed by atoms with van der Waals surface area (Å²) < 4.78 is 36.8. The summed E-state index contributed by atoms with van der Waals surface area (Å²) in [7, 11) is -3.67. The van der Waals surface area contributed by atoms with Crippen LogP contribution in [0.3, 0.4) is 0 Å². The van der Waals surface area contributed by atoms with E-state index < -0.39 is 41.4 Å². The molecule has 0 aromatic heterocycles. The third-order valence-electron chi connectivity index (χ3n) is 1.87. The summed E-state index contributed by atoms with van der Waals surface area (Å²) in [4.78, 5) is 10.4. The first-order chi connectivity index (χ1) is 7.72. The monoisotopic (exact) mass is 274 g/mol. The molecule has 0 aromatic carbocycles. The molecule has 0 aliphatic heterocycles. The second-order valence-electron chi connectivity index (χ2n) is 3.10. The van der Waals surface area contributed by atoms with Crippen molar-refractivity contribution >= 4 is 16.7 Å². The van der Waals surface area contributed by atoms with E-state index in [9.17, 15) is 28.5 Å². The van der Waals surface area contributed by atoms with Gasteiger partial charge in [-0.2, -0.15) is 8.42 Å². The number of aldehydes is 1. The van der Waals surface area contributed by atoms with Gasteiger partial charge in [-0.1, -0.05) is 0 Å². The molecule has 0 spiro atoms. The van der Waals surface area contributed by atoms with Crippen LogP contribution in [0.5, 0.6) is 0 Å². The van der Waals surface area contributed by atoms with Crippen LogP contribution < -0.4 is 0 Å². The molecule has 0 saturated carbocycles. The van der Waals surface area contributed by atoms with E-state index in [0.717, 1.165) is 7.11 Å². The molecule has 4 atom stereocenters. The Morgan fingerprint density at radius 2 is 1.76 bits per heavy atom. The fourth-order valence-corrected chi connectivity index (χ4v) is 1.26. The van der Waals surface area contributed by atoms with Gasteiger partial charge in [0.15, 0.2) is 6.29 Å². The molecule has 9 nitrogen and oxygen atoms in total. The summed E-state index contributed by atoms with van der Waals surface area (Å²) in [5, 5.41) is 27.9. The number of carbonyl (C=O) groups is 1. The van der Waals surface area contributed by atoms with E-state index in [1.165, 1.54) is 0 Å². The maximum atomic E-state index is 10.4. The molecule has 0 saturated heterocycles. The first-order valence-corrected chi connectivity index (χ1v) is 5.73. The van der Waals surface area contributed by atoms with Crippen molar-refractivity contribution in [2.45, 2.75) is 24.4 Å². The Hall–Kier alpha value is -0.620. The fourth-order valence-electron chi connectivity index (χ4n) is 0.952. The molecule has 17 heavy (non-hydrogen) atoms. The Morgan fingerprint density at radius 3 is 2.12 bits per heavy atom. The first-order valence-electron chi connectivity index (χ1n) is 4.37. The standard InChI is InChI=1S/C7H14O9S/c1-15-5(2-8)7(11)6(10)4(9)3-16-17(12,13)14/h2,4-7,9-11H,3H2,1H3,(H,12,13,14)/t4-,5+,6+,7-/m0/s1. The lowest BCUT2D eigenvalue weighted by atomic mass is 10.0. The zero-order chi connectivity index (χ0) is 13.6. The highest BCUT2D eigenvalue weighted by molar-refractivity contribution is 7.80. The Balaban J connectivity index is 4.38. The van der Waals surface area contributed by atoms with Gasteiger partial charge < -0.3 is 24.9 Å². The minimum Gasteiger partial charge on any atom is -0.388 e. The van der Waals surface area contributed by atoms with E-state index >= 15 is 0 Å². The summed E-state index contributed by atoms with van der Waals surface area (Å²) in [6.45, 7) is -0.980. The third kappa shape index (κ3) is 6.02. The Labute approximate surface area is 97.5 Å². The van der Waals surface area contributed by atoms with Crippen molar-refractivity contribution in [3.05, 3.63) is 0 Å². The van der Waals surface area contributed by atoms with Crippen LogP contribution in [0, 0.1) is 0 Å². The van der Waals surface area contributed by atoms with Crippen molar-refractivity contribution in [3.63, 3.8) is 0 Å². The highest BCUT2D eigenvalue weighted by Crippen LogP contribution is 2.07. The van der Waals surface area contributed by atoms with E-state index in [1.807, 2.05) is 0 Å². The van der Waals surface area contributed by atoms with Gasteiger partial charge in [-0.25, -0.2) is 4.18 Å². The molecule has 0 aliphatic rings. The van der Waals surface area contributed by atoms with E-state index in [-0.39, 0.29) is 6.29 Å². The van der Waals surface area contributed by atoms with E-state index in [4.69, 9.17) is 4.55 Å². The second kappa shape index (κ2) is 6.96. The van der Waals surface area contributed by atoms with Crippen LogP contribution in [0.2, 0.25) is 0 Å². The summed E-state index contributed by atoms with van der Waals surface area (Å²) in [5.74, 6) is 0. The number of rotatable bonds is 8. The van der Waals surface area contributed by atoms with Crippen LogP contribution in [-0.4, -0.2) is 72.7 Å². The number of carbonyl (C=O) groups excluding carboxylic acids is 1. The van der Waals surface area contributed by atoms with Crippen molar-refractivity contribution in [2.75, 3.05) is 13.7 Å². The van der Waals surface area contributed by atoms with E-state index in [2.05, 4.69) is 8.92 Å². The molecular formula is C7H14O9S. The van der Waals surface area contributed by atoms with Gasteiger partial charge in [-0.05, 0) is 0 Å². The molecule has 0 aromatic rings. The van der Waals surface area contributed by atoms with E-state index in [0.29, 0.717) is 0 Å². The van der Waals surface area contributed by atoms with Gasteiger partial charge in [0.2, 0.25) is 0 Å². The second-order valence-corrected chi connectivity index (χ2v) is 4.19. The van der Waals surface area contributed by atoms with Gasteiger partial charge in [0.1, 0.15) is 24.4 Å². The van der Waals surface area contributed by atoms with Crippen LogP contribution in [0.4, 0.5) is 0 Å². The van der Waals surface area contributed by atoms with Crippen LogP contribution in [0.25, 0.3) is 0 Å². The quantitative estimate of drug-likeness (QED) is 0.270. The molecule has 0 aliphatic carbocycles. The molecule has 102 valence electrons. The van der Waals surface area contributed by atoms with Crippen molar-refractivity contribution < 1.29 is 42.0 Å². The number of ether oxygens (including phenoxy) is 1. The van der Waals surface area contributed by atoms with Gasteiger partial charge in [0.25, 0.3) is 0 Å². The lowest BCUT2D eigenvalue weighted by molar-refractivity contribution is -0.140. The van der Waals surface area contributed by atoms with Crippen molar-refractivity contribution in [1.82, 2.24) is 0 Å². The molecule has 10 heteroatoms. The Morgan fingerprint density at radius 1 is 1.24 bits per heavy atom. The van der Waals surface area contributed by atoms with Gasteiger partial charge >= 0.3 is 10.4 Å². The van der Waals surface area contributed by atoms with Crippen LogP contribution in [0.15, 0.2) is 0 Å². The zero-order valence-electron chi connectivity index (χ0n) is 8.83. The SMILES string of the molecule is CO[C@H](C=O)[C@H](O)[C@H](O)[C@@H](O)COS(=O)(=O)O. The highest BCUT2D eigenvalue weighted by atomic mass is 32.3. The number of hydrogen-bond acceptors (Lipinski definition) is 8. The first kappa shape index (κ1) is 16.4. The van der Waals surface area contributed by atoms with Gasteiger partial charge in [0, 0.05) is 7.11 Å². The molecule has 0 bridgehead atoms. The van der Waals surface area contributed by atoms with Crippen LogP contribution in [-0.2, 0) is 24.1 Å². The maximum Gasteiger partial charge on any atom is 0.397 e. The number of aliphatic hydroxyl groups excluding tert-OH is 3. The third-order valence-corrected chi connectivity index (χ3v) is 2.31. The summed E-state index contributed by atoms with van der Waals surface area (Å²) in [6, 6.07) is 0. The Bertz CT molecular complexity index is 326. The van der Waals surface area contributed by atoms with Crippen molar-refractivity contribution in [1.29, 1.82) is 0 Å². The molecule has 0 fully saturated rings. The van der Waals surface area contributed by atoms with Crippen LogP contribution in [0.1, 0.15) is 0 Å². The number of methoxy groups -OCH3 is 1. The predicted octanol–water partition coefficient (Wildman–Crippen LogP) is -2.90. The smallest absolute Gasteiger partial charge is 0.388 e. The number of hydrogen-bond donors (Lipinski definition) is 4. The minimum absolute atomic E-state index is 0.199. The topological polar surface area (TPSA) is 151 Å². The van der Waals surface area contributed by atoms with Gasteiger partial charge in [0.05, 0.1) is 6.61 Å². The number of aliphatic hydroxyl groups is 3. The molecule has 0 radical (unpaired) electrons. The molecule has 0 amide bonds. The lowest BCUT2D eigenvalue weighted by Crippen LogP contribution is -2.47. The average Bonchev–Trinajstić information content (AvgIpc) is 2.25. The van der Waals surface area contributed by atoms with Crippen molar-refractivity contribution in [3.8, 4) is 0 Å². The molecular weight excluding hydrogens is 260 g/mol. The molecule has 0 heterocycles.